The van der Waals surface area contributed by atoms with Crippen LogP contribution < -0.4 is 5.32 Å². The largest absolute Gasteiger partial charge is 0.348 e. The van der Waals surface area contributed by atoms with Gasteiger partial charge in [-0.3, -0.25) is 14.8 Å². The molecule has 0 aliphatic carbocycles. The Bertz CT molecular complexity index is 1030. The van der Waals surface area contributed by atoms with Crippen molar-refractivity contribution in [1.82, 2.24) is 30.7 Å². The minimum absolute atomic E-state index is 0.160. The molecule has 0 bridgehead atoms. The molecular formula is C18H14N6O. The number of nitrogens with one attached hydrogen (secondary N) is 2. The standard InChI is InChI=1S/C18H14N6O/c25-18(14-1-2-15-17(10-14)23-24-22-15)21-11-12-3-8-20-16(9-12)13-4-6-19-7-5-13/h1-10H,11H2,(H,21,25)(H,22,23,24). The van der Waals surface area contributed by atoms with E-state index in [4.69, 9.17) is 0 Å². The SMILES string of the molecule is O=C(NCc1ccnc(-c2ccncc2)c1)c1ccc2n[nH]nc2c1. The van der Waals surface area contributed by atoms with E-state index in [1.54, 1.807) is 36.8 Å². The van der Waals surface area contributed by atoms with Gasteiger partial charge in [-0.25, -0.2) is 0 Å². The van der Waals surface area contributed by atoms with Crippen LogP contribution in [0, 0.1) is 0 Å². The van der Waals surface area contributed by atoms with Crippen LogP contribution in [-0.4, -0.2) is 31.3 Å². The summed E-state index contributed by atoms with van der Waals surface area (Å²) < 4.78 is 0. The van der Waals surface area contributed by atoms with Crippen LogP contribution in [-0.2, 0) is 6.54 Å². The number of rotatable bonds is 4. The Balaban J connectivity index is 1.48. The van der Waals surface area contributed by atoms with Crippen LogP contribution in [0.25, 0.3) is 22.3 Å². The summed E-state index contributed by atoms with van der Waals surface area (Å²) in [5, 5.41) is 13.4. The highest BCUT2D eigenvalue weighted by atomic mass is 16.1. The average Bonchev–Trinajstić information content (AvgIpc) is 3.15. The maximum Gasteiger partial charge on any atom is 0.251 e. The summed E-state index contributed by atoms with van der Waals surface area (Å²) in [4.78, 5) is 20.7. The summed E-state index contributed by atoms with van der Waals surface area (Å²) in [5.74, 6) is -0.160. The first-order valence-corrected chi connectivity index (χ1v) is 7.74. The predicted octanol–water partition coefficient (Wildman–Crippen LogP) is 2.34. The van der Waals surface area contributed by atoms with E-state index in [0.717, 1.165) is 22.3 Å². The molecule has 4 rings (SSSR count). The van der Waals surface area contributed by atoms with Crippen LogP contribution in [0.4, 0.5) is 0 Å². The number of fused-ring (bicyclic) bond motifs is 1. The summed E-state index contributed by atoms with van der Waals surface area (Å²) in [7, 11) is 0. The fourth-order valence-corrected chi connectivity index (χ4v) is 2.53. The van der Waals surface area contributed by atoms with E-state index < -0.39 is 0 Å². The Labute approximate surface area is 143 Å². The van der Waals surface area contributed by atoms with Gasteiger partial charge in [-0.15, -0.1) is 0 Å². The molecule has 7 heteroatoms. The van der Waals surface area contributed by atoms with Crippen molar-refractivity contribution in [3.05, 3.63) is 72.2 Å². The van der Waals surface area contributed by atoms with Crippen molar-refractivity contribution >= 4 is 16.9 Å². The topological polar surface area (TPSA) is 96.5 Å². The molecule has 0 atom stereocenters. The first kappa shape index (κ1) is 14.9. The van der Waals surface area contributed by atoms with Crippen molar-refractivity contribution in [1.29, 1.82) is 0 Å². The summed E-state index contributed by atoms with van der Waals surface area (Å²) in [5.41, 5.74) is 4.74. The van der Waals surface area contributed by atoms with Crippen molar-refractivity contribution in [2.45, 2.75) is 6.54 Å². The normalized spacial score (nSPS) is 10.7. The zero-order valence-corrected chi connectivity index (χ0v) is 13.2. The summed E-state index contributed by atoms with van der Waals surface area (Å²) >= 11 is 0. The summed E-state index contributed by atoms with van der Waals surface area (Å²) in [6.07, 6.45) is 5.19. The van der Waals surface area contributed by atoms with Gasteiger partial charge in [0.25, 0.3) is 5.91 Å². The van der Waals surface area contributed by atoms with E-state index in [9.17, 15) is 4.79 Å². The van der Waals surface area contributed by atoms with Crippen LogP contribution in [0.2, 0.25) is 0 Å². The predicted molar refractivity (Wildman–Crippen MR) is 92.5 cm³/mol. The third-order valence-corrected chi connectivity index (χ3v) is 3.83. The molecule has 0 aliphatic heterocycles. The molecule has 0 fully saturated rings. The van der Waals surface area contributed by atoms with Gasteiger partial charge in [0.1, 0.15) is 11.0 Å². The van der Waals surface area contributed by atoms with E-state index in [-0.39, 0.29) is 5.91 Å². The Morgan fingerprint density at radius 3 is 2.68 bits per heavy atom. The van der Waals surface area contributed by atoms with Gasteiger partial charge < -0.3 is 5.32 Å². The highest BCUT2D eigenvalue weighted by Crippen LogP contribution is 2.16. The number of amides is 1. The lowest BCUT2D eigenvalue weighted by Crippen LogP contribution is -2.22. The van der Waals surface area contributed by atoms with Crippen LogP contribution in [0.3, 0.4) is 0 Å². The van der Waals surface area contributed by atoms with Gasteiger partial charge in [0.2, 0.25) is 0 Å². The second-order valence-electron chi connectivity index (χ2n) is 5.49. The highest BCUT2D eigenvalue weighted by molar-refractivity contribution is 5.97. The number of carbonyl (C=O) groups is 1. The maximum absolute atomic E-state index is 12.3. The van der Waals surface area contributed by atoms with Crippen molar-refractivity contribution in [2.24, 2.45) is 0 Å². The lowest BCUT2D eigenvalue weighted by atomic mass is 10.1. The fraction of sp³-hybridized carbons (Fsp3) is 0.0556. The van der Waals surface area contributed by atoms with Gasteiger partial charge in [0, 0.05) is 36.3 Å². The van der Waals surface area contributed by atoms with Gasteiger partial charge in [0.05, 0.1) is 5.69 Å². The molecule has 0 unspecified atom stereocenters. The number of pyridine rings is 2. The second-order valence-corrected chi connectivity index (χ2v) is 5.49. The Kier molecular flexibility index (Phi) is 3.88. The van der Waals surface area contributed by atoms with Crippen molar-refractivity contribution in [2.75, 3.05) is 0 Å². The molecule has 0 radical (unpaired) electrons. The lowest BCUT2D eigenvalue weighted by Gasteiger charge is -2.07. The summed E-state index contributed by atoms with van der Waals surface area (Å²) in [6.45, 7) is 0.413. The first-order chi connectivity index (χ1) is 12.3. The molecular weight excluding hydrogens is 316 g/mol. The maximum atomic E-state index is 12.3. The molecule has 3 heterocycles. The number of benzene rings is 1. The number of H-pyrrole nitrogens is 1. The number of nitrogens with zero attached hydrogens (tertiary/aromatic N) is 4. The molecule has 0 saturated heterocycles. The molecule has 0 saturated carbocycles. The molecule has 7 nitrogen and oxygen atoms in total. The van der Waals surface area contributed by atoms with Crippen molar-refractivity contribution in [3.8, 4) is 11.3 Å². The third kappa shape index (κ3) is 3.20. The van der Waals surface area contributed by atoms with Crippen LogP contribution in [0.1, 0.15) is 15.9 Å². The van der Waals surface area contributed by atoms with Gasteiger partial charge in [-0.2, -0.15) is 15.4 Å². The van der Waals surface area contributed by atoms with Crippen molar-refractivity contribution in [3.63, 3.8) is 0 Å². The lowest BCUT2D eigenvalue weighted by molar-refractivity contribution is 0.0951. The molecule has 25 heavy (non-hydrogen) atoms. The molecule has 122 valence electrons. The minimum Gasteiger partial charge on any atom is -0.348 e. The Hall–Kier alpha value is -3.61. The molecule has 4 aromatic rings. The van der Waals surface area contributed by atoms with E-state index >= 15 is 0 Å². The monoisotopic (exact) mass is 330 g/mol. The fourth-order valence-electron chi connectivity index (χ4n) is 2.53. The summed E-state index contributed by atoms with van der Waals surface area (Å²) in [6, 6.07) is 12.8. The van der Waals surface area contributed by atoms with E-state index in [1.807, 2.05) is 24.3 Å². The van der Waals surface area contributed by atoms with Gasteiger partial charge in [0.15, 0.2) is 0 Å². The Morgan fingerprint density at radius 1 is 0.960 bits per heavy atom. The zero-order valence-electron chi connectivity index (χ0n) is 13.2. The number of hydrogen-bond donors (Lipinski definition) is 2. The molecule has 1 aromatic carbocycles. The highest BCUT2D eigenvalue weighted by Gasteiger charge is 2.08. The van der Waals surface area contributed by atoms with E-state index in [2.05, 4.69) is 30.7 Å². The van der Waals surface area contributed by atoms with Gasteiger partial charge in [-0.1, -0.05) is 0 Å². The molecule has 2 N–H and O–H groups in total. The smallest absolute Gasteiger partial charge is 0.251 e. The number of carbonyl (C=O) groups excluding carboxylic acids is 1. The second kappa shape index (κ2) is 6.48. The molecule has 3 aromatic heterocycles. The van der Waals surface area contributed by atoms with E-state index in [1.165, 1.54) is 0 Å². The first-order valence-electron chi connectivity index (χ1n) is 7.74. The average molecular weight is 330 g/mol. The Morgan fingerprint density at radius 2 is 1.80 bits per heavy atom. The van der Waals surface area contributed by atoms with Crippen LogP contribution in [0.5, 0.6) is 0 Å². The molecule has 0 spiro atoms. The number of hydrogen-bond acceptors (Lipinski definition) is 5. The number of aromatic nitrogens is 5. The quantitative estimate of drug-likeness (QED) is 0.599. The number of aromatic amines is 1. The van der Waals surface area contributed by atoms with Crippen LogP contribution in [0.15, 0.2) is 61.1 Å². The minimum atomic E-state index is -0.160. The van der Waals surface area contributed by atoms with Gasteiger partial charge in [-0.05, 0) is 48.0 Å². The van der Waals surface area contributed by atoms with Gasteiger partial charge >= 0.3 is 0 Å². The third-order valence-electron chi connectivity index (χ3n) is 3.83. The molecule has 1 amide bonds. The van der Waals surface area contributed by atoms with Crippen LogP contribution >= 0.6 is 0 Å². The zero-order chi connectivity index (χ0) is 17.1. The van der Waals surface area contributed by atoms with E-state index in [0.29, 0.717) is 17.6 Å². The molecule has 0 aliphatic rings. The van der Waals surface area contributed by atoms with Crippen molar-refractivity contribution < 1.29 is 4.79 Å².